The summed E-state index contributed by atoms with van der Waals surface area (Å²) in [6.45, 7) is 5.40. The van der Waals surface area contributed by atoms with E-state index in [4.69, 9.17) is 9.47 Å². The maximum absolute atomic E-state index is 5.54. The van der Waals surface area contributed by atoms with Gasteiger partial charge in [0, 0.05) is 44.5 Å². The van der Waals surface area contributed by atoms with Gasteiger partial charge < -0.3 is 20.1 Å². The van der Waals surface area contributed by atoms with Crippen LogP contribution in [0.15, 0.2) is 29.3 Å². The lowest BCUT2D eigenvalue weighted by Gasteiger charge is -2.43. The van der Waals surface area contributed by atoms with Crippen LogP contribution in [0.5, 0.6) is 5.75 Å². The van der Waals surface area contributed by atoms with E-state index >= 15 is 0 Å². The topological polar surface area (TPSA) is 58.1 Å². The first-order valence-corrected chi connectivity index (χ1v) is 10.4. The molecule has 0 bridgehead atoms. The van der Waals surface area contributed by atoms with Crippen LogP contribution < -0.4 is 15.4 Å². The van der Waals surface area contributed by atoms with Crippen molar-refractivity contribution in [3.05, 3.63) is 29.8 Å². The first kappa shape index (κ1) is 19.3. The second-order valence-corrected chi connectivity index (χ2v) is 7.86. The van der Waals surface area contributed by atoms with Crippen molar-refractivity contribution in [2.75, 3.05) is 58.5 Å². The summed E-state index contributed by atoms with van der Waals surface area (Å²) < 4.78 is 10.7. The third kappa shape index (κ3) is 4.84. The number of morpholine rings is 1. The lowest BCUT2D eigenvalue weighted by Crippen LogP contribution is -2.60. The third-order valence-corrected chi connectivity index (χ3v) is 6.43. The van der Waals surface area contributed by atoms with E-state index in [1.165, 1.54) is 23.5 Å². The fourth-order valence-corrected chi connectivity index (χ4v) is 5.01. The number of aliphatic imine (C=N–C) groups is 1. The van der Waals surface area contributed by atoms with Gasteiger partial charge in [0.15, 0.2) is 5.96 Å². The van der Waals surface area contributed by atoms with Gasteiger partial charge in [-0.25, -0.2) is 0 Å². The van der Waals surface area contributed by atoms with E-state index in [1.807, 2.05) is 19.2 Å². The Balaban J connectivity index is 1.53. The Morgan fingerprint density at radius 2 is 2.04 bits per heavy atom. The average Bonchev–Trinajstić information content (AvgIpc) is 3.19. The Hall–Kier alpha value is -1.44. The van der Waals surface area contributed by atoms with Crippen LogP contribution in [0.1, 0.15) is 12.0 Å². The summed E-state index contributed by atoms with van der Waals surface area (Å²) >= 11 is 2.05. The fourth-order valence-electron chi connectivity index (χ4n) is 3.53. The van der Waals surface area contributed by atoms with Gasteiger partial charge in [-0.15, -0.1) is 0 Å². The zero-order valence-corrected chi connectivity index (χ0v) is 16.6. The number of hydrogen-bond acceptors (Lipinski definition) is 5. The molecule has 0 spiro atoms. The van der Waals surface area contributed by atoms with Crippen LogP contribution in [-0.2, 0) is 11.3 Å². The Kier molecular flexibility index (Phi) is 7.05. The molecule has 0 saturated carbocycles. The molecule has 2 fully saturated rings. The van der Waals surface area contributed by atoms with Crippen LogP contribution in [-0.4, -0.2) is 74.9 Å². The predicted octanol–water partition coefficient (Wildman–Crippen LogP) is 1.57. The van der Waals surface area contributed by atoms with Gasteiger partial charge in [-0.2, -0.15) is 11.8 Å². The molecule has 6 nitrogen and oxygen atoms in total. The monoisotopic (exact) mass is 378 g/mol. The summed E-state index contributed by atoms with van der Waals surface area (Å²) in [4.78, 5) is 7.01. The molecule has 3 rings (SSSR count). The summed E-state index contributed by atoms with van der Waals surface area (Å²) in [6.07, 6.45) is 1.22. The number of nitrogens with one attached hydrogen (secondary N) is 2. The van der Waals surface area contributed by atoms with Gasteiger partial charge in [-0.1, -0.05) is 12.1 Å². The van der Waals surface area contributed by atoms with Gasteiger partial charge >= 0.3 is 0 Å². The van der Waals surface area contributed by atoms with Gasteiger partial charge in [0.05, 0.1) is 20.3 Å². The second-order valence-electron chi connectivity index (χ2n) is 6.75. The first-order valence-electron chi connectivity index (χ1n) is 9.24. The Morgan fingerprint density at radius 3 is 2.65 bits per heavy atom. The zero-order valence-electron chi connectivity index (χ0n) is 15.8. The van der Waals surface area contributed by atoms with E-state index in [1.54, 1.807) is 7.11 Å². The molecule has 0 radical (unpaired) electrons. The largest absolute Gasteiger partial charge is 0.497 e. The minimum atomic E-state index is 0.214. The number of ether oxygens (including phenoxy) is 2. The van der Waals surface area contributed by atoms with Crippen LogP contribution in [0.3, 0.4) is 0 Å². The molecule has 2 saturated heterocycles. The van der Waals surface area contributed by atoms with Crippen LogP contribution in [0, 0.1) is 0 Å². The third-order valence-electron chi connectivity index (χ3n) is 5.19. The standard InChI is InChI=1S/C19H30N4O2S/c1-20-18(21-13-16-3-5-17(24-2)6-4-16)22-14-19(7-12-26-15-19)23-8-10-25-11-9-23/h3-6H,7-15H2,1-2H3,(H2,20,21,22). The number of hydrogen-bond donors (Lipinski definition) is 2. The molecular weight excluding hydrogens is 348 g/mol. The predicted molar refractivity (Wildman–Crippen MR) is 108 cm³/mol. The van der Waals surface area contributed by atoms with Gasteiger partial charge in [0.25, 0.3) is 0 Å². The highest BCUT2D eigenvalue weighted by atomic mass is 32.2. The molecule has 1 atom stereocenters. The first-order chi connectivity index (χ1) is 12.8. The summed E-state index contributed by atoms with van der Waals surface area (Å²) in [5.41, 5.74) is 1.42. The second kappa shape index (κ2) is 9.48. The van der Waals surface area contributed by atoms with E-state index in [2.05, 4.69) is 44.4 Å². The lowest BCUT2D eigenvalue weighted by atomic mass is 9.95. The molecule has 0 aliphatic carbocycles. The van der Waals surface area contributed by atoms with Crippen molar-refractivity contribution in [2.45, 2.75) is 18.5 Å². The molecule has 0 aromatic heterocycles. The molecule has 144 valence electrons. The maximum Gasteiger partial charge on any atom is 0.191 e. The van der Waals surface area contributed by atoms with E-state index in [0.29, 0.717) is 0 Å². The molecular formula is C19H30N4O2S. The fraction of sp³-hybridized carbons (Fsp3) is 0.632. The number of nitrogens with zero attached hydrogens (tertiary/aromatic N) is 2. The summed E-state index contributed by atoms with van der Waals surface area (Å²) in [6, 6.07) is 8.11. The summed E-state index contributed by atoms with van der Waals surface area (Å²) in [5.74, 6) is 4.14. The molecule has 1 aromatic carbocycles. The molecule has 2 aliphatic rings. The van der Waals surface area contributed by atoms with Crippen molar-refractivity contribution in [3.8, 4) is 5.75 Å². The molecule has 26 heavy (non-hydrogen) atoms. The van der Waals surface area contributed by atoms with Gasteiger partial charge in [-0.3, -0.25) is 9.89 Å². The number of benzene rings is 1. The van der Waals surface area contributed by atoms with E-state index in [-0.39, 0.29) is 5.54 Å². The number of methoxy groups -OCH3 is 1. The molecule has 2 heterocycles. The molecule has 1 unspecified atom stereocenters. The highest BCUT2D eigenvalue weighted by Crippen LogP contribution is 2.33. The van der Waals surface area contributed by atoms with Crippen LogP contribution in [0.4, 0.5) is 0 Å². The van der Waals surface area contributed by atoms with E-state index in [0.717, 1.165) is 51.1 Å². The normalized spacial score (nSPS) is 24.5. The molecule has 1 aromatic rings. The SMILES string of the molecule is CN=C(NCc1ccc(OC)cc1)NCC1(N2CCOCC2)CCSC1. The smallest absolute Gasteiger partial charge is 0.191 e. The van der Waals surface area contributed by atoms with Crippen LogP contribution >= 0.6 is 11.8 Å². The number of rotatable bonds is 6. The maximum atomic E-state index is 5.54. The molecule has 2 aliphatic heterocycles. The van der Waals surface area contributed by atoms with Crippen molar-refractivity contribution in [2.24, 2.45) is 4.99 Å². The van der Waals surface area contributed by atoms with Crippen molar-refractivity contribution in [1.29, 1.82) is 0 Å². The molecule has 2 N–H and O–H groups in total. The van der Waals surface area contributed by atoms with Crippen LogP contribution in [0.25, 0.3) is 0 Å². The van der Waals surface area contributed by atoms with Crippen molar-refractivity contribution < 1.29 is 9.47 Å². The zero-order chi connectivity index (χ0) is 18.2. The minimum absolute atomic E-state index is 0.214. The van der Waals surface area contributed by atoms with Gasteiger partial charge in [0.2, 0.25) is 0 Å². The molecule has 0 amide bonds. The Labute approximate surface area is 160 Å². The van der Waals surface area contributed by atoms with Gasteiger partial charge in [0.1, 0.15) is 5.75 Å². The van der Waals surface area contributed by atoms with Gasteiger partial charge in [-0.05, 0) is 29.9 Å². The van der Waals surface area contributed by atoms with Crippen molar-refractivity contribution in [1.82, 2.24) is 15.5 Å². The minimum Gasteiger partial charge on any atom is -0.497 e. The summed E-state index contributed by atoms with van der Waals surface area (Å²) in [5, 5.41) is 6.98. The average molecular weight is 379 g/mol. The number of thioether (sulfide) groups is 1. The van der Waals surface area contributed by atoms with E-state index < -0.39 is 0 Å². The van der Waals surface area contributed by atoms with Crippen LogP contribution in [0.2, 0.25) is 0 Å². The lowest BCUT2D eigenvalue weighted by molar-refractivity contribution is -0.0120. The van der Waals surface area contributed by atoms with Crippen molar-refractivity contribution >= 4 is 17.7 Å². The molecule has 7 heteroatoms. The summed E-state index contributed by atoms with van der Waals surface area (Å²) in [7, 11) is 3.51. The van der Waals surface area contributed by atoms with Crippen molar-refractivity contribution in [3.63, 3.8) is 0 Å². The Bertz CT molecular complexity index is 582. The number of guanidine groups is 1. The Morgan fingerprint density at radius 1 is 1.27 bits per heavy atom. The quantitative estimate of drug-likeness (QED) is 0.579. The highest BCUT2D eigenvalue weighted by molar-refractivity contribution is 7.99. The highest BCUT2D eigenvalue weighted by Gasteiger charge is 2.40. The van der Waals surface area contributed by atoms with E-state index in [9.17, 15) is 0 Å².